The lowest BCUT2D eigenvalue weighted by atomic mass is 9.99. The van der Waals surface area contributed by atoms with Gasteiger partial charge in [0.2, 0.25) is 5.91 Å². The second-order valence-corrected chi connectivity index (χ2v) is 5.28. The highest BCUT2D eigenvalue weighted by molar-refractivity contribution is 6.31. The van der Waals surface area contributed by atoms with Gasteiger partial charge in [-0.05, 0) is 49.2 Å². The number of carbonyl (C=O) groups is 1. The van der Waals surface area contributed by atoms with Crippen molar-refractivity contribution in [2.24, 2.45) is 0 Å². The van der Waals surface area contributed by atoms with Gasteiger partial charge in [0.15, 0.2) is 0 Å². The number of benzene rings is 2. The maximum absolute atomic E-state index is 12.3. The van der Waals surface area contributed by atoms with Crippen molar-refractivity contribution in [2.45, 2.75) is 19.8 Å². The van der Waals surface area contributed by atoms with E-state index in [0.717, 1.165) is 16.8 Å². The number of rotatable bonds is 3. The zero-order valence-electron chi connectivity index (χ0n) is 11.5. The standard InChI is InChI=1S/C16H17ClN2O/c1-10-6-7-13(17)9-15(10)19-16(20)11(2)12-4-3-5-14(18)8-12/h3-9,11H,18H2,1-2H3,(H,19,20). The van der Waals surface area contributed by atoms with E-state index in [4.69, 9.17) is 17.3 Å². The minimum Gasteiger partial charge on any atom is -0.399 e. The second kappa shape index (κ2) is 5.97. The van der Waals surface area contributed by atoms with Gasteiger partial charge in [-0.1, -0.05) is 29.8 Å². The van der Waals surface area contributed by atoms with Gasteiger partial charge in [0, 0.05) is 16.4 Å². The molecular formula is C16H17ClN2O. The Bertz CT molecular complexity index is 640. The van der Waals surface area contributed by atoms with Gasteiger partial charge in [-0.2, -0.15) is 0 Å². The molecule has 20 heavy (non-hydrogen) atoms. The Kier molecular flexibility index (Phi) is 4.30. The predicted octanol–water partition coefficient (Wildman–Crippen LogP) is 3.97. The number of anilines is 2. The third-order valence-electron chi connectivity index (χ3n) is 3.26. The summed E-state index contributed by atoms with van der Waals surface area (Å²) in [6.45, 7) is 3.78. The average molecular weight is 289 g/mol. The molecule has 0 aliphatic heterocycles. The van der Waals surface area contributed by atoms with Gasteiger partial charge < -0.3 is 11.1 Å². The van der Waals surface area contributed by atoms with Gasteiger partial charge in [-0.15, -0.1) is 0 Å². The zero-order chi connectivity index (χ0) is 14.7. The van der Waals surface area contributed by atoms with Gasteiger partial charge in [-0.25, -0.2) is 0 Å². The molecule has 104 valence electrons. The summed E-state index contributed by atoms with van der Waals surface area (Å²) in [5.41, 5.74) is 9.00. The van der Waals surface area contributed by atoms with E-state index in [1.54, 1.807) is 18.2 Å². The third kappa shape index (κ3) is 3.31. The molecule has 1 atom stereocenters. The van der Waals surface area contributed by atoms with Crippen molar-refractivity contribution < 1.29 is 4.79 Å². The van der Waals surface area contributed by atoms with Gasteiger partial charge in [0.05, 0.1) is 5.92 Å². The maximum atomic E-state index is 12.3. The highest BCUT2D eigenvalue weighted by atomic mass is 35.5. The van der Waals surface area contributed by atoms with Crippen LogP contribution in [0.3, 0.4) is 0 Å². The fourth-order valence-electron chi connectivity index (χ4n) is 1.95. The first-order valence-corrected chi connectivity index (χ1v) is 6.77. The van der Waals surface area contributed by atoms with Crippen LogP contribution >= 0.6 is 11.6 Å². The van der Waals surface area contributed by atoms with Crippen LogP contribution in [0.15, 0.2) is 42.5 Å². The van der Waals surface area contributed by atoms with Gasteiger partial charge in [0.25, 0.3) is 0 Å². The predicted molar refractivity (Wildman–Crippen MR) is 84.1 cm³/mol. The molecule has 1 unspecified atom stereocenters. The fraction of sp³-hybridized carbons (Fsp3) is 0.188. The Morgan fingerprint density at radius 2 is 2.00 bits per heavy atom. The minimum atomic E-state index is -0.281. The van der Waals surface area contributed by atoms with E-state index in [2.05, 4.69) is 5.32 Å². The number of carbonyl (C=O) groups excluding carboxylic acids is 1. The number of nitrogens with one attached hydrogen (secondary N) is 1. The van der Waals surface area contributed by atoms with Gasteiger partial charge in [0.1, 0.15) is 0 Å². The average Bonchev–Trinajstić information content (AvgIpc) is 2.42. The lowest BCUT2D eigenvalue weighted by molar-refractivity contribution is -0.117. The van der Waals surface area contributed by atoms with Crippen molar-refractivity contribution in [3.05, 3.63) is 58.6 Å². The molecule has 0 saturated heterocycles. The summed E-state index contributed by atoms with van der Waals surface area (Å²) in [7, 11) is 0. The van der Waals surface area contributed by atoms with Crippen LogP contribution in [-0.2, 0) is 4.79 Å². The van der Waals surface area contributed by atoms with E-state index in [0.29, 0.717) is 10.7 Å². The molecule has 0 radical (unpaired) electrons. The highest BCUT2D eigenvalue weighted by Crippen LogP contribution is 2.23. The van der Waals surface area contributed by atoms with Gasteiger partial charge in [-0.3, -0.25) is 4.79 Å². The van der Waals surface area contributed by atoms with Crippen molar-refractivity contribution >= 4 is 28.9 Å². The van der Waals surface area contributed by atoms with Crippen LogP contribution in [0.5, 0.6) is 0 Å². The third-order valence-corrected chi connectivity index (χ3v) is 3.50. The molecule has 2 aromatic rings. The number of hydrogen-bond donors (Lipinski definition) is 2. The summed E-state index contributed by atoms with van der Waals surface area (Å²) in [6.07, 6.45) is 0. The zero-order valence-corrected chi connectivity index (χ0v) is 12.2. The first-order chi connectivity index (χ1) is 9.47. The number of amides is 1. The molecule has 0 fully saturated rings. The number of nitrogen functional groups attached to an aromatic ring is 1. The first-order valence-electron chi connectivity index (χ1n) is 6.40. The van der Waals surface area contributed by atoms with Crippen LogP contribution in [0.25, 0.3) is 0 Å². The molecule has 0 aliphatic rings. The molecule has 0 bridgehead atoms. The Hall–Kier alpha value is -2.00. The fourth-order valence-corrected chi connectivity index (χ4v) is 2.12. The van der Waals surface area contributed by atoms with E-state index in [-0.39, 0.29) is 11.8 Å². The van der Waals surface area contributed by atoms with E-state index in [1.807, 2.05) is 38.1 Å². The summed E-state index contributed by atoms with van der Waals surface area (Å²) in [4.78, 5) is 12.3. The lowest BCUT2D eigenvalue weighted by Crippen LogP contribution is -2.19. The molecule has 4 heteroatoms. The van der Waals surface area contributed by atoms with Crippen molar-refractivity contribution in [3.8, 4) is 0 Å². The smallest absolute Gasteiger partial charge is 0.231 e. The molecule has 3 nitrogen and oxygen atoms in total. The summed E-state index contributed by atoms with van der Waals surface area (Å²) in [6, 6.07) is 12.8. The van der Waals surface area contributed by atoms with Crippen molar-refractivity contribution in [2.75, 3.05) is 11.1 Å². The van der Waals surface area contributed by atoms with Crippen LogP contribution in [0.4, 0.5) is 11.4 Å². The van der Waals surface area contributed by atoms with Crippen LogP contribution < -0.4 is 11.1 Å². The van der Waals surface area contributed by atoms with Crippen LogP contribution in [0.1, 0.15) is 24.0 Å². The summed E-state index contributed by atoms with van der Waals surface area (Å²) in [5.74, 6) is -0.363. The van der Waals surface area contributed by atoms with E-state index in [1.165, 1.54) is 0 Å². The van der Waals surface area contributed by atoms with Crippen LogP contribution in [0.2, 0.25) is 5.02 Å². The Balaban J connectivity index is 2.17. The molecule has 1 amide bonds. The number of aryl methyl sites for hydroxylation is 1. The second-order valence-electron chi connectivity index (χ2n) is 4.84. The molecule has 2 rings (SSSR count). The Labute approximate surface area is 123 Å². The normalized spacial score (nSPS) is 11.9. The molecule has 0 aromatic heterocycles. The van der Waals surface area contributed by atoms with E-state index in [9.17, 15) is 4.79 Å². The number of halogens is 1. The van der Waals surface area contributed by atoms with E-state index >= 15 is 0 Å². The molecule has 0 heterocycles. The number of nitrogens with two attached hydrogens (primary N) is 1. The monoisotopic (exact) mass is 288 g/mol. The highest BCUT2D eigenvalue weighted by Gasteiger charge is 2.16. The molecule has 0 aliphatic carbocycles. The largest absolute Gasteiger partial charge is 0.399 e. The summed E-state index contributed by atoms with van der Waals surface area (Å²) in [5, 5.41) is 3.50. The Morgan fingerprint density at radius 3 is 2.70 bits per heavy atom. The van der Waals surface area contributed by atoms with Crippen molar-refractivity contribution in [3.63, 3.8) is 0 Å². The topological polar surface area (TPSA) is 55.1 Å². The molecule has 0 saturated carbocycles. The SMILES string of the molecule is Cc1ccc(Cl)cc1NC(=O)C(C)c1cccc(N)c1. The first kappa shape index (κ1) is 14.4. The van der Waals surface area contributed by atoms with E-state index < -0.39 is 0 Å². The molecular weight excluding hydrogens is 272 g/mol. The van der Waals surface area contributed by atoms with Crippen LogP contribution in [0, 0.1) is 6.92 Å². The lowest BCUT2D eigenvalue weighted by Gasteiger charge is -2.14. The summed E-state index contributed by atoms with van der Waals surface area (Å²) < 4.78 is 0. The van der Waals surface area contributed by atoms with Crippen molar-refractivity contribution in [1.82, 2.24) is 0 Å². The van der Waals surface area contributed by atoms with Crippen LogP contribution in [-0.4, -0.2) is 5.91 Å². The number of hydrogen-bond acceptors (Lipinski definition) is 2. The minimum absolute atomic E-state index is 0.0824. The van der Waals surface area contributed by atoms with Crippen molar-refractivity contribution in [1.29, 1.82) is 0 Å². The quantitative estimate of drug-likeness (QED) is 0.840. The Morgan fingerprint density at radius 1 is 1.25 bits per heavy atom. The van der Waals surface area contributed by atoms with Gasteiger partial charge >= 0.3 is 0 Å². The summed E-state index contributed by atoms with van der Waals surface area (Å²) >= 11 is 5.95. The molecule has 2 aromatic carbocycles. The maximum Gasteiger partial charge on any atom is 0.231 e. The molecule has 0 spiro atoms. The molecule has 3 N–H and O–H groups in total.